The standard InChI is InChI=1S/C30H33N5O3/c1-20-32-30(38-35-20)27(18-21-7-3-2-4-8-21)34-29(37)26(33-28(36)24-13-15-31-16-14-24)19-22-11-12-23-9-5-6-10-25(23)17-22/h2-12,17,24,26-27,31H,13-16,18-19H2,1H3,(H,33,36)(H,34,37). The molecule has 4 aromatic rings. The number of hydrogen-bond donors (Lipinski definition) is 3. The highest BCUT2D eigenvalue weighted by atomic mass is 16.5. The number of amides is 2. The highest BCUT2D eigenvalue weighted by molar-refractivity contribution is 5.89. The molecule has 0 aliphatic carbocycles. The lowest BCUT2D eigenvalue weighted by Crippen LogP contribution is -2.51. The van der Waals surface area contributed by atoms with Gasteiger partial charge in [0.25, 0.3) is 0 Å². The molecule has 3 N–H and O–H groups in total. The molecule has 0 saturated carbocycles. The third kappa shape index (κ3) is 6.44. The fourth-order valence-corrected chi connectivity index (χ4v) is 4.96. The molecule has 1 fully saturated rings. The second-order valence-electron chi connectivity index (χ2n) is 9.90. The van der Waals surface area contributed by atoms with Crippen molar-refractivity contribution < 1.29 is 14.1 Å². The van der Waals surface area contributed by atoms with Crippen molar-refractivity contribution in [2.75, 3.05) is 13.1 Å². The molecule has 2 atom stereocenters. The molecule has 196 valence electrons. The lowest BCUT2D eigenvalue weighted by atomic mass is 9.95. The summed E-state index contributed by atoms with van der Waals surface area (Å²) in [5.74, 6) is 0.368. The number of benzene rings is 3. The first kappa shape index (κ1) is 25.6. The predicted molar refractivity (Wildman–Crippen MR) is 145 cm³/mol. The summed E-state index contributed by atoms with van der Waals surface area (Å²) in [6.45, 7) is 3.35. The topological polar surface area (TPSA) is 109 Å². The van der Waals surface area contributed by atoms with Gasteiger partial charge in [-0.25, -0.2) is 0 Å². The molecule has 8 heteroatoms. The summed E-state index contributed by atoms with van der Waals surface area (Å²) in [4.78, 5) is 31.4. The summed E-state index contributed by atoms with van der Waals surface area (Å²) in [5, 5.41) is 15.6. The first-order chi connectivity index (χ1) is 18.5. The van der Waals surface area contributed by atoms with E-state index in [1.807, 2.05) is 54.6 Å². The maximum atomic E-state index is 13.8. The van der Waals surface area contributed by atoms with E-state index in [9.17, 15) is 9.59 Å². The van der Waals surface area contributed by atoms with Crippen LogP contribution >= 0.6 is 0 Å². The van der Waals surface area contributed by atoms with Gasteiger partial charge >= 0.3 is 0 Å². The molecule has 0 radical (unpaired) electrons. The molecular weight excluding hydrogens is 478 g/mol. The van der Waals surface area contributed by atoms with E-state index >= 15 is 0 Å². The molecule has 1 aliphatic heterocycles. The first-order valence-electron chi connectivity index (χ1n) is 13.2. The van der Waals surface area contributed by atoms with Gasteiger partial charge in [0, 0.05) is 18.8 Å². The van der Waals surface area contributed by atoms with Crippen LogP contribution in [0, 0.1) is 12.8 Å². The number of aryl methyl sites for hydroxylation is 1. The van der Waals surface area contributed by atoms with Crippen molar-refractivity contribution in [3.63, 3.8) is 0 Å². The Labute approximate surface area is 222 Å². The number of carbonyl (C=O) groups is 2. The van der Waals surface area contributed by atoms with E-state index in [4.69, 9.17) is 4.52 Å². The van der Waals surface area contributed by atoms with Crippen molar-refractivity contribution in [1.29, 1.82) is 0 Å². The van der Waals surface area contributed by atoms with Crippen LogP contribution < -0.4 is 16.0 Å². The fraction of sp³-hybridized carbons (Fsp3) is 0.333. The third-order valence-corrected chi connectivity index (χ3v) is 7.04. The van der Waals surface area contributed by atoms with E-state index in [0.717, 1.165) is 47.8 Å². The van der Waals surface area contributed by atoms with Crippen LogP contribution in [0.5, 0.6) is 0 Å². The maximum absolute atomic E-state index is 13.8. The minimum Gasteiger partial charge on any atom is -0.344 e. The Kier molecular flexibility index (Phi) is 8.09. The van der Waals surface area contributed by atoms with Gasteiger partial charge in [-0.05, 0) is 54.8 Å². The van der Waals surface area contributed by atoms with Gasteiger partial charge < -0.3 is 20.5 Å². The van der Waals surface area contributed by atoms with Gasteiger partial charge in [0.15, 0.2) is 5.82 Å². The van der Waals surface area contributed by atoms with Crippen LogP contribution in [0.1, 0.15) is 41.7 Å². The number of hydrogen-bond acceptors (Lipinski definition) is 6. The Morgan fingerprint density at radius 1 is 0.921 bits per heavy atom. The van der Waals surface area contributed by atoms with Gasteiger partial charge in [-0.2, -0.15) is 4.98 Å². The molecule has 1 aromatic heterocycles. The van der Waals surface area contributed by atoms with Crippen LogP contribution in [0.2, 0.25) is 0 Å². The zero-order valence-corrected chi connectivity index (χ0v) is 21.5. The zero-order valence-electron chi connectivity index (χ0n) is 21.5. The summed E-state index contributed by atoms with van der Waals surface area (Å²) in [7, 11) is 0. The number of rotatable bonds is 9. The summed E-state index contributed by atoms with van der Waals surface area (Å²) in [6.07, 6.45) is 2.37. The van der Waals surface area contributed by atoms with E-state index in [2.05, 4.69) is 44.3 Å². The largest absolute Gasteiger partial charge is 0.344 e. The van der Waals surface area contributed by atoms with Crippen LogP contribution in [-0.2, 0) is 22.4 Å². The Bertz CT molecular complexity index is 1380. The number of aromatic nitrogens is 2. The smallest absolute Gasteiger partial charge is 0.249 e. The molecule has 0 spiro atoms. The van der Waals surface area contributed by atoms with Crippen LogP contribution in [0.15, 0.2) is 77.3 Å². The molecule has 3 aromatic carbocycles. The SMILES string of the molecule is Cc1noc(C(Cc2ccccc2)NC(=O)C(Cc2ccc3ccccc3c2)NC(=O)C2CCNCC2)n1. The summed E-state index contributed by atoms with van der Waals surface area (Å²) < 4.78 is 5.45. The highest BCUT2D eigenvalue weighted by Crippen LogP contribution is 2.20. The van der Waals surface area contributed by atoms with Crippen LogP contribution in [0.4, 0.5) is 0 Å². The number of nitrogens with one attached hydrogen (secondary N) is 3. The van der Waals surface area contributed by atoms with E-state index in [1.165, 1.54) is 0 Å². The number of nitrogens with zero attached hydrogens (tertiary/aromatic N) is 2. The van der Waals surface area contributed by atoms with Crippen molar-refractivity contribution >= 4 is 22.6 Å². The van der Waals surface area contributed by atoms with Gasteiger partial charge in [0.1, 0.15) is 12.1 Å². The summed E-state index contributed by atoms with van der Waals surface area (Å²) >= 11 is 0. The molecule has 2 heterocycles. The molecule has 5 rings (SSSR count). The molecule has 38 heavy (non-hydrogen) atoms. The number of carbonyl (C=O) groups excluding carboxylic acids is 2. The molecule has 2 unspecified atom stereocenters. The first-order valence-corrected chi connectivity index (χ1v) is 13.2. The van der Waals surface area contributed by atoms with E-state index in [0.29, 0.717) is 24.6 Å². The number of piperidine rings is 1. The predicted octanol–water partition coefficient (Wildman–Crippen LogP) is 3.66. The second-order valence-corrected chi connectivity index (χ2v) is 9.90. The molecular formula is C30H33N5O3. The van der Waals surface area contributed by atoms with Gasteiger partial charge in [-0.1, -0.05) is 78.0 Å². The van der Waals surface area contributed by atoms with E-state index < -0.39 is 12.1 Å². The van der Waals surface area contributed by atoms with Crippen LogP contribution in [0.25, 0.3) is 10.8 Å². The Balaban J connectivity index is 1.39. The average Bonchev–Trinajstić information content (AvgIpc) is 3.39. The number of fused-ring (bicyclic) bond motifs is 1. The average molecular weight is 512 g/mol. The third-order valence-electron chi connectivity index (χ3n) is 7.04. The minimum atomic E-state index is -0.749. The van der Waals surface area contributed by atoms with Crippen molar-refractivity contribution in [3.8, 4) is 0 Å². The molecule has 8 nitrogen and oxygen atoms in total. The van der Waals surface area contributed by atoms with E-state index in [-0.39, 0.29) is 17.7 Å². The van der Waals surface area contributed by atoms with Gasteiger partial charge in [-0.3, -0.25) is 9.59 Å². The Morgan fingerprint density at radius 2 is 1.66 bits per heavy atom. The van der Waals surface area contributed by atoms with Crippen molar-refractivity contribution in [1.82, 2.24) is 26.1 Å². The van der Waals surface area contributed by atoms with E-state index in [1.54, 1.807) is 6.92 Å². The van der Waals surface area contributed by atoms with Gasteiger partial charge in [0.05, 0.1) is 0 Å². The Morgan fingerprint density at radius 3 is 2.39 bits per heavy atom. The van der Waals surface area contributed by atoms with Crippen LogP contribution in [0.3, 0.4) is 0 Å². The van der Waals surface area contributed by atoms with Gasteiger partial charge in [0.2, 0.25) is 17.7 Å². The Hall–Kier alpha value is -4.04. The van der Waals surface area contributed by atoms with Crippen molar-refractivity contribution in [3.05, 3.63) is 95.6 Å². The highest BCUT2D eigenvalue weighted by Gasteiger charge is 2.30. The summed E-state index contributed by atoms with van der Waals surface area (Å²) in [6, 6.07) is 22.8. The van der Waals surface area contributed by atoms with Crippen molar-refractivity contribution in [2.45, 2.75) is 44.7 Å². The lowest BCUT2D eigenvalue weighted by molar-refractivity contribution is -0.132. The second kappa shape index (κ2) is 12.0. The molecule has 1 saturated heterocycles. The quantitative estimate of drug-likeness (QED) is 0.317. The zero-order chi connectivity index (χ0) is 26.3. The van der Waals surface area contributed by atoms with Crippen LogP contribution in [-0.4, -0.2) is 41.1 Å². The maximum Gasteiger partial charge on any atom is 0.249 e. The molecule has 0 bridgehead atoms. The molecule has 2 amide bonds. The lowest BCUT2D eigenvalue weighted by Gasteiger charge is -2.26. The molecule has 1 aliphatic rings. The van der Waals surface area contributed by atoms with Crippen molar-refractivity contribution in [2.24, 2.45) is 5.92 Å². The fourth-order valence-electron chi connectivity index (χ4n) is 4.96. The monoisotopic (exact) mass is 511 g/mol. The summed E-state index contributed by atoms with van der Waals surface area (Å²) in [5.41, 5.74) is 2.00. The normalized spacial score (nSPS) is 15.6. The minimum absolute atomic E-state index is 0.0827. The van der Waals surface area contributed by atoms with Gasteiger partial charge in [-0.15, -0.1) is 0 Å².